The van der Waals surface area contributed by atoms with Gasteiger partial charge in [0.25, 0.3) is 0 Å². The Kier molecular flexibility index (Phi) is 7.55. The second kappa shape index (κ2) is 13.0. The Morgan fingerprint density at radius 3 is 1.74 bits per heavy atom. The predicted octanol–water partition coefficient (Wildman–Crippen LogP) is 15.5. The van der Waals surface area contributed by atoms with Gasteiger partial charge in [-0.1, -0.05) is 172 Å². The molecule has 0 aliphatic heterocycles. The molecule has 1 aliphatic rings. The fourth-order valence-corrected chi connectivity index (χ4v) is 9.21. The zero-order valence-corrected chi connectivity index (χ0v) is 31.9. The van der Waals surface area contributed by atoms with Crippen LogP contribution in [0.25, 0.3) is 77.2 Å². The molecule has 1 aliphatic carbocycles. The maximum atomic E-state index is 6.61. The van der Waals surface area contributed by atoms with Gasteiger partial charge in [-0.2, -0.15) is 0 Å². The van der Waals surface area contributed by atoms with Crippen LogP contribution in [0.15, 0.2) is 205 Å². The average Bonchev–Trinajstić information content (AvgIpc) is 3.66. The summed E-state index contributed by atoms with van der Waals surface area (Å²) in [5.74, 6) is 0. The highest BCUT2D eigenvalue weighted by Crippen LogP contribution is 2.52. The lowest BCUT2D eigenvalue weighted by molar-refractivity contribution is 0.645. The highest BCUT2D eigenvalue weighted by molar-refractivity contribution is 6.11. The van der Waals surface area contributed by atoms with E-state index in [1.807, 2.05) is 12.1 Å². The van der Waals surface area contributed by atoms with Gasteiger partial charge in [-0.05, 0) is 109 Å². The fourth-order valence-electron chi connectivity index (χ4n) is 9.21. The SMILES string of the molecule is CC1(C)c2cc(-c3ccc(N(c4ccc(-c5ccccc5)cc4)c4cccc5c4oc4ccccc45)cc3)ccc2-c2c(-c3ccccc3)ccc3cccc1c23. The normalized spacial score (nSPS) is 12.9. The third-order valence-electron chi connectivity index (χ3n) is 12.1. The molecule has 1 heterocycles. The van der Waals surface area contributed by atoms with Gasteiger partial charge < -0.3 is 9.32 Å². The van der Waals surface area contributed by atoms with E-state index in [0.29, 0.717) is 0 Å². The van der Waals surface area contributed by atoms with Crippen LogP contribution in [-0.2, 0) is 5.41 Å². The summed E-state index contributed by atoms with van der Waals surface area (Å²) >= 11 is 0. The molecule has 0 atom stereocenters. The standard InChI is InChI=1S/C55H39NO/c1-55(2)48-20-11-17-40-27-33-44(39-15-7-4-8-16-39)53(52(40)48)47-34-28-41(35-49(47)55)38-25-31-43(32-26-38)56(42-29-23-37(24-30-42)36-13-5-3-6-14-36)50-21-12-19-46-45-18-9-10-22-51(45)57-54(46)50/h3-35H,1-2H3. The lowest BCUT2D eigenvalue weighted by atomic mass is 9.67. The van der Waals surface area contributed by atoms with Crippen molar-refractivity contribution in [2.75, 3.05) is 4.90 Å². The molecule has 57 heavy (non-hydrogen) atoms. The van der Waals surface area contributed by atoms with Crippen LogP contribution in [0.5, 0.6) is 0 Å². The third kappa shape index (κ3) is 5.33. The lowest BCUT2D eigenvalue weighted by Crippen LogP contribution is -2.24. The van der Waals surface area contributed by atoms with Gasteiger partial charge in [-0.25, -0.2) is 0 Å². The van der Waals surface area contributed by atoms with E-state index in [9.17, 15) is 0 Å². The molecule has 2 nitrogen and oxygen atoms in total. The minimum atomic E-state index is -0.179. The molecular weight excluding hydrogens is 691 g/mol. The molecule has 270 valence electrons. The molecule has 9 aromatic carbocycles. The van der Waals surface area contributed by atoms with E-state index in [1.165, 1.54) is 66.4 Å². The van der Waals surface area contributed by atoms with Crippen LogP contribution in [0.2, 0.25) is 0 Å². The second-order valence-electron chi connectivity index (χ2n) is 15.7. The average molecular weight is 730 g/mol. The monoisotopic (exact) mass is 729 g/mol. The highest BCUT2D eigenvalue weighted by atomic mass is 16.3. The van der Waals surface area contributed by atoms with Crippen molar-refractivity contribution in [3.05, 3.63) is 211 Å². The van der Waals surface area contributed by atoms with E-state index in [1.54, 1.807) is 0 Å². The van der Waals surface area contributed by atoms with Crippen LogP contribution < -0.4 is 4.90 Å². The molecule has 0 fully saturated rings. The fraction of sp³-hybridized carbons (Fsp3) is 0.0545. The van der Waals surface area contributed by atoms with Crippen molar-refractivity contribution < 1.29 is 4.42 Å². The molecule has 0 bridgehead atoms. The number of anilines is 3. The highest BCUT2D eigenvalue weighted by Gasteiger charge is 2.35. The van der Waals surface area contributed by atoms with Crippen LogP contribution in [0, 0.1) is 0 Å². The second-order valence-corrected chi connectivity index (χ2v) is 15.7. The van der Waals surface area contributed by atoms with Crippen LogP contribution >= 0.6 is 0 Å². The summed E-state index contributed by atoms with van der Waals surface area (Å²) in [7, 11) is 0. The molecule has 0 spiro atoms. The quantitative estimate of drug-likeness (QED) is 0.169. The molecule has 0 amide bonds. The van der Waals surface area contributed by atoms with Gasteiger partial charge in [-0.3, -0.25) is 0 Å². The number of rotatable bonds is 6. The van der Waals surface area contributed by atoms with Gasteiger partial charge >= 0.3 is 0 Å². The number of para-hydroxylation sites is 2. The lowest BCUT2D eigenvalue weighted by Gasteiger charge is -2.36. The number of benzene rings is 9. The zero-order valence-electron chi connectivity index (χ0n) is 31.9. The minimum Gasteiger partial charge on any atom is -0.454 e. The molecule has 1 aromatic heterocycles. The summed E-state index contributed by atoms with van der Waals surface area (Å²) in [6.07, 6.45) is 0. The van der Waals surface area contributed by atoms with Gasteiger partial charge in [-0.15, -0.1) is 0 Å². The van der Waals surface area contributed by atoms with Crippen LogP contribution in [-0.4, -0.2) is 0 Å². The molecule has 0 radical (unpaired) electrons. The molecule has 2 heteroatoms. The van der Waals surface area contributed by atoms with E-state index in [4.69, 9.17) is 4.42 Å². The smallest absolute Gasteiger partial charge is 0.159 e. The Bertz CT molecular complexity index is 3120. The van der Waals surface area contributed by atoms with Gasteiger partial charge in [0.2, 0.25) is 0 Å². The third-order valence-corrected chi connectivity index (χ3v) is 12.1. The molecule has 0 saturated heterocycles. The summed E-state index contributed by atoms with van der Waals surface area (Å²) in [5, 5.41) is 4.88. The number of fused-ring (bicyclic) bond motifs is 5. The number of furan rings is 1. The molecule has 11 rings (SSSR count). The summed E-state index contributed by atoms with van der Waals surface area (Å²) in [4.78, 5) is 2.32. The first-order valence-electron chi connectivity index (χ1n) is 19.8. The van der Waals surface area contributed by atoms with E-state index in [2.05, 4.69) is 207 Å². The van der Waals surface area contributed by atoms with Crippen LogP contribution in [0.4, 0.5) is 17.1 Å². The Morgan fingerprint density at radius 2 is 1.00 bits per heavy atom. The van der Waals surface area contributed by atoms with Gasteiger partial charge in [0, 0.05) is 27.6 Å². The van der Waals surface area contributed by atoms with Crippen molar-refractivity contribution in [2.45, 2.75) is 19.3 Å². The van der Waals surface area contributed by atoms with Crippen molar-refractivity contribution in [3.63, 3.8) is 0 Å². The summed E-state index contributed by atoms with van der Waals surface area (Å²) in [6, 6.07) is 72.5. The zero-order chi connectivity index (χ0) is 38.1. The van der Waals surface area contributed by atoms with Crippen molar-refractivity contribution in [1.29, 1.82) is 0 Å². The summed E-state index contributed by atoms with van der Waals surface area (Å²) in [6.45, 7) is 4.76. The first-order chi connectivity index (χ1) is 28.0. The molecule has 0 saturated carbocycles. The molecular formula is C55H39NO. The van der Waals surface area contributed by atoms with Crippen LogP contribution in [0.1, 0.15) is 25.0 Å². The summed E-state index contributed by atoms with van der Waals surface area (Å²) in [5.41, 5.74) is 17.4. The minimum absolute atomic E-state index is 0.179. The Hall–Kier alpha value is -7.16. The van der Waals surface area contributed by atoms with Crippen molar-refractivity contribution in [2.24, 2.45) is 0 Å². The summed E-state index contributed by atoms with van der Waals surface area (Å²) < 4.78 is 6.61. The molecule has 0 unspecified atom stereocenters. The Balaban J connectivity index is 1.03. The van der Waals surface area contributed by atoms with Crippen molar-refractivity contribution in [1.82, 2.24) is 0 Å². The largest absolute Gasteiger partial charge is 0.454 e. The van der Waals surface area contributed by atoms with Crippen molar-refractivity contribution in [3.8, 4) is 44.5 Å². The van der Waals surface area contributed by atoms with Gasteiger partial charge in [0.15, 0.2) is 5.58 Å². The predicted molar refractivity (Wildman–Crippen MR) is 240 cm³/mol. The first kappa shape index (κ1) is 33.2. The van der Waals surface area contributed by atoms with Gasteiger partial charge in [0.1, 0.15) is 5.58 Å². The van der Waals surface area contributed by atoms with Crippen LogP contribution in [0.3, 0.4) is 0 Å². The molecule has 10 aromatic rings. The maximum Gasteiger partial charge on any atom is 0.159 e. The number of hydrogen-bond acceptors (Lipinski definition) is 2. The van der Waals surface area contributed by atoms with Gasteiger partial charge in [0.05, 0.1) is 5.69 Å². The van der Waals surface area contributed by atoms with E-state index in [-0.39, 0.29) is 5.41 Å². The van der Waals surface area contributed by atoms with E-state index >= 15 is 0 Å². The van der Waals surface area contributed by atoms with E-state index < -0.39 is 0 Å². The molecule has 0 N–H and O–H groups in total. The Labute approximate surface area is 332 Å². The Morgan fingerprint density at radius 1 is 0.421 bits per heavy atom. The topological polar surface area (TPSA) is 16.4 Å². The number of nitrogens with zero attached hydrogens (tertiary/aromatic N) is 1. The van der Waals surface area contributed by atoms with Crippen molar-refractivity contribution >= 4 is 49.8 Å². The number of hydrogen-bond donors (Lipinski definition) is 0. The first-order valence-corrected chi connectivity index (χ1v) is 19.8. The maximum absolute atomic E-state index is 6.61. The van der Waals surface area contributed by atoms with E-state index in [0.717, 1.165) is 39.0 Å².